The summed E-state index contributed by atoms with van der Waals surface area (Å²) in [6, 6.07) is 9.72. The number of epoxide rings is 1. The van der Waals surface area contributed by atoms with Crippen LogP contribution >= 0.6 is 0 Å². The predicted molar refractivity (Wildman–Crippen MR) is 321 cm³/mol. The van der Waals surface area contributed by atoms with Crippen LogP contribution in [0.5, 0.6) is 0 Å². The van der Waals surface area contributed by atoms with E-state index in [2.05, 4.69) is 18.7 Å². The largest absolute Gasteiger partial charge is 0.463 e. The van der Waals surface area contributed by atoms with Crippen molar-refractivity contribution < 1.29 is 85.9 Å². The zero-order valence-electron chi connectivity index (χ0n) is 55.5. The van der Waals surface area contributed by atoms with Gasteiger partial charge in [0.15, 0.2) is 12.6 Å². The van der Waals surface area contributed by atoms with Crippen LogP contribution in [-0.2, 0) is 92.5 Å². The van der Waals surface area contributed by atoms with Gasteiger partial charge in [-0.1, -0.05) is 105 Å². The summed E-state index contributed by atoms with van der Waals surface area (Å²) >= 11 is 0. The molecule has 3 heterocycles. The van der Waals surface area contributed by atoms with Gasteiger partial charge in [0.05, 0.1) is 65.0 Å². The van der Waals surface area contributed by atoms with E-state index in [1.54, 1.807) is 13.8 Å². The molecule has 0 radical (unpaired) electrons. The van der Waals surface area contributed by atoms with E-state index in [1.165, 1.54) is 0 Å². The number of ether oxygens (including phenoxy) is 10. The van der Waals surface area contributed by atoms with Crippen molar-refractivity contribution in [3.8, 4) is 0 Å². The first-order chi connectivity index (χ1) is 38.8. The normalized spacial score (nSPS) is 17.3. The fraction of sp³-hybridized carbons (Fsp3) is 0.815. The van der Waals surface area contributed by atoms with Crippen LogP contribution in [0.4, 0.5) is 0 Å². The Balaban J connectivity index is 0. The first-order valence-electron chi connectivity index (χ1n) is 30.7. The molecule has 3 saturated heterocycles. The second-order valence-corrected chi connectivity index (χ2v) is 24.4. The maximum Gasteiger partial charge on any atom is 0.347 e. The molecule has 4 rings (SSSR count). The van der Waals surface area contributed by atoms with E-state index < -0.39 is 28.8 Å². The molecule has 1 aromatic rings. The molecule has 3 fully saturated rings. The summed E-state index contributed by atoms with van der Waals surface area (Å²) in [5.74, 6) is -1.03. The highest BCUT2D eigenvalue weighted by Crippen LogP contribution is 2.26. The minimum atomic E-state index is -0.472. The summed E-state index contributed by atoms with van der Waals surface area (Å²) in [4.78, 5) is 78.3. The van der Waals surface area contributed by atoms with Gasteiger partial charge in [-0.15, -0.1) is 0 Å². The lowest BCUT2D eigenvalue weighted by atomic mass is 9.91. The summed E-state index contributed by atoms with van der Waals surface area (Å²) in [6.45, 7) is 45.4. The molecule has 0 bridgehead atoms. The summed E-state index contributed by atoms with van der Waals surface area (Å²) in [6.07, 6.45) is 10.4. The monoisotopic (exact) mass is 1180 g/mol. The van der Waals surface area contributed by atoms with Crippen LogP contribution in [0.25, 0.3) is 0 Å². The lowest BCUT2D eigenvalue weighted by Gasteiger charge is -2.26. The number of hydrogen-bond donors (Lipinski definition) is 0. The molecule has 3 aliphatic rings. The van der Waals surface area contributed by atoms with Crippen molar-refractivity contribution in [1.82, 2.24) is 0 Å². The molecule has 0 amide bonds. The highest BCUT2D eigenvalue weighted by atomic mass is 17.2. The molecular formula is C65H116O18. The van der Waals surface area contributed by atoms with E-state index in [4.69, 9.17) is 52.3 Å². The Morgan fingerprint density at radius 1 is 0.494 bits per heavy atom. The second-order valence-electron chi connectivity index (χ2n) is 24.4. The predicted octanol–water partition coefficient (Wildman–Crippen LogP) is 13.8. The van der Waals surface area contributed by atoms with Crippen LogP contribution in [0, 0.1) is 33.0 Å². The summed E-state index contributed by atoms with van der Waals surface area (Å²) in [5.41, 5.74) is -1.01. The van der Waals surface area contributed by atoms with E-state index >= 15 is 0 Å². The fourth-order valence-electron chi connectivity index (χ4n) is 5.24. The van der Waals surface area contributed by atoms with Crippen molar-refractivity contribution in [1.29, 1.82) is 0 Å². The van der Waals surface area contributed by atoms with Gasteiger partial charge >= 0.3 is 35.8 Å². The molecule has 0 N–H and O–H groups in total. The number of esters is 5. The highest BCUT2D eigenvalue weighted by Gasteiger charge is 2.33. The highest BCUT2D eigenvalue weighted by molar-refractivity contribution is 5.77. The van der Waals surface area contributed by atoms with Crippen LogP contribution in [0.3, 0.4) is 0 Å². The fourth-order valence-corrected chi connectivity index (χ4v) is 5.24. The number of rotatable bonds is 31. The maximum atomic E-state index is 11.6. The number of benzene rings is 1. The van der Waals surface area contributed by atoms with Gasteiger partial charge in [0, 0.05) is 19.6 Å². The number of unbranched alkanes of at least 4 members (excludes halogenated alkanes) is 2. The first-order valence-corrected chi connectivity index (χ1v) is 30.7. The zero-order valence-corrected chi connectivity index (χ0v) is 55.5. The number of carbonyl (C=O) groups excluding carboxylic acids is 6. The average Bonchev–Trinajstić information content (AvgIpc) is 4.28. The molecule has 6 atom stereocenters. The lowest BCUT2D eigenvalue weighted by Crippen LogP contribution is -2.33. The smallest absolute Gasteiger partial charge is 0.347 e. The number of hydrogen-bond acceptors (Lipinski definition) is 18. The van der Waals surface area contributed by atoms with Gasteiger partial charge in [0.2, 0.25) is 0 Å². The zero-order chi connectivity index (χ0) is 63.9. The summed E-state index contributed by atoms with van der Waals surface area (Å²) in [7, 11) is 0. The third-order valence-electron chi connectivity index (χ3n) is 14.8. The third-order valence-corrected chi connectivity index (χ3v) is 14.8. The molecule has 18 heteroatoms. The van der Waals surface area contributed by atoms with Crippen molar-refractivity contribution in [3.05, 3.63) is 35.9 Å². The van der Waals surface area contributed by atoms with E-state index in [1.807, 2.05) is 148 Å². The SMILES string of the molecule is CCC(C)(C)C(=O)OCC1CO1.CCC(C)(C)C(=O)OCc1ccccc1.CCC(C)(C)C(=O)OOCC1CCO1.CCC(C)C(=O)OCC1CCO1.CCCCOC(C)OC(=O)C(C)(C)CC.CCCCOC(C)OC(=O)C(C)(C)CC. The van der Waals surface area contributed by atoms with E-state index in [-0.39, 0.29) is 70.9 Å². The molecule has 484 valence electrons. The Morgan fingerprint density at radius 2 is 0.867 bits per heavy atom. The van der Waals surface area contributed by atoms with E-state index in [0.29, 0.717) is 39.6 Å². The van der Waals surface area contributed by atoms with Gasteiger partial charge in [0.25, 0.3) is 0 Å². The molecule has 18 nitrogen and oxygen atoms in total. The van der Waals surface area contributed by atoms with Crippen molar-refractivity contribution in [3.63, 3.8) is 0 Å². The minimum Gasteiger partial charge on any atom is -0.463 e. The van der Waals surface area contributed by atoms with Crippen LogP contribution < -0.4 is 0 Å². The third kappa shape index (κ3) is 37.8. The molecule has 0 spiro atoms. The summed E-state index contributed by atoms with van der Waals surface area (Å²) in [5, 5.41) is 0. The van der Waals surface area contributed by atoms with Crippen molar-refractivity contribution in [2.24, 2.45) is 33.0 Å². The first kappa shape index (κ1) is 80.9. The van der Waals surface area contributed by atoms with Gasteiger partial charge in [-0.05, 0) is 146 Å². The summed E-state index contributed by atoms with van der Waals surface area (Å²) < 4.78 is 51.6. The molecule has 0 saturated carbocycles. The van der Waals surface area contributed by atoms with Gasteiger partial charge in [-0.25, -0.2) is 4.79 Å². The van der Waals surface area contributed by atoms with Crippen LogP contribution in [0.1, 0.15) is 228 Å². The molecule has 0 aromatic heterocycles. The quantitative estimate of drug-likeness (QED) is 0.0128. The van der Waals surface area contributed by atoms with Gasteiger partial charge in [0.1, 0.15) is 32.5 Å². The lowest BCUT2D eigenvalue weighted by molar-refractivity contribution is -0.298. The maximum absolute atomic E-state index is 11.6. The average molecular weight is 1190 g/mol. The van der Waals surface area contributed by atoms with Crippen molar-refractivity contribution in [2.45, 2.75) is 260 Å². The minimum absolute atomic E-state index is 0.0186. The van der Waals surface area contributed by atoms with Crippen molar-refractivity contribution >= 4 is 35.8 Å². The molecular weight excluding hydrogens is 1070 g/mol. The van der Waals surface area contributed by atoms with Crippen LogP contribution in [-0.4, -0.2) is 120 Å². The van der Waals surface area contributed by atoms with Crippen LogP contribution in [0.15, 0.2) is 30.3 Å². The Morgan fingerprint density at radius 3 is 1.23 bits per heavy atom. The molecule has 0 aliphatic carbocycles. The number of carbonyl (C=O) groups is 6. The second kappa shape index (κ2) is 43.4. The molecule has 6 unspecified atom stereocenters. The molecule has 83 heavy (non-hydrogen) atoms. The Labute approximate surface area is 501 Å². The van der Waals surface area contributed by atoms with Gasteiger partial charge in [-0.3, -0.25) is 28.9 Å². The van der Waals surface area contributed by atoms with Crippen LogP contribution in [0.2, 0.25) is 0 Å². The van der Waals surface area contributed by atoms with E-state index in [0.717, 1.165) is 102 Å². The Hall–Kier alpha value is -4.20. The van der Waals surface area contributed by atoms with Gasteiger partial charge in [-0.2, -0.15) is 4.89 Å². The Kier molecular flexibility index (Phi) is 42.3. The van der Waals surface area contributed by atoms with E-state index in [9.17, 15) is 28.8 Å². The molecule has 3 aliphatic heterocycles. The Bertz CT molecular complexity index is 1860. The standard InChI is InChI=1S/C13H18O2.2C12H24O3.C10H18O4.2C9H16O3/c1-4-13(2,3)12(14)15-10-11-8-6-5-7-9-11;2*1-6-8-9-14-10(3)15-11(13)12(4,5)7-2;1-4-10(2,3)9(11)14-13-7-8-5-6-12-8;1-4-9(2,3)8(10)12-6-7-5-11-7;1-3-7(2)9(10)12-6-8-4-5-11-8/h5-9H,4,10H2,1-3H3;2*10H,6-9H2,1-5H3;8H,4-7H2,1-3H3;7H,4-6H2,1-3H3;7-8H,3-6H2,1-2H3. The topological polar surface area (TPSA) is 216 Å². The molecule has 1 aromatic carbocycles. The van der Waals surface area contributed by atoms with Crippen molar-refractivity contribution in [2.75, 3.05) is 52.9 Å². The van der Waals surface area contributed by atoms with Gasteiger partial charge < -0.3 is 47.4 Å².